The molecule has 3 aromatic rings. The number of urea groups is 1. The number of amides is 2. The highest BCUT2D eigenvalue weighted by molar-refractivity contribution is 7.15. The highest BCUT2D eigenvalue weighted by Gasteiger charge is 2.36. The van der Waals surface area contributed by atoms with Crippen molar-refractivity contribution in [3.8, 4) is 10.8 Å². The van der Waals surface area contributed by atoms with Crippen LogP contribution in [-0.2, 0) is 24.2 Å². The Hall–Kier alpha value is -2.81. The molecule has 0 unspecified atom stereocenters. The minimum absolute atomic E-state index is 0.0506. The molecular weight excluding hydrogens is 448 g/mol. The monoisotopic (exact) mass is 480 g/mol. The molecule has 2 aromatic heterocycles. The molecule has 1 N–H and O–H groups in total. The SMILES string of the molecule is COCCCNC(=O)N1Cc2c(sc3c2CCN(C)C3)-n2cccc2[C@@H]1c1ccc(OC)cc1. The highest BCUT2D eigenvalue weighted by Crippen LogP contribution is 2.43. The molecule has 180 valence electrons. The van der Waals surface area contributed by atoms with E-state index in [4.69, 9.17) is 9.47 Å². The summed E-state index contributed by atoms with van der Waals surface area (Å²) in [4.78, 5) is 19.4. The molecule has 0 spiro atoms. The molecule has 0 bridgehead atoms. The Labute approximate surface area is 204 Å². The van der Waals surface area contributed by atoms with E-state index in [9.17, 15) is 4.79 Å². The number of hydrogen-bond donors (Lipinski definition) is 1. The number of benzene rings is 1. The summed E-state index contributed by atoms with van der Waals surface area (Å²) in [5, 5.41) is 4.38. The van der Waals surface area contributed by atoms with E-state index in [0.29, 0.717) is 19.7 Å². The second-order valence-electron chi connectivity index (χ2n) is 8.96. The Kier molecular flexibility index (Phi) is 6.63. The number of nitrogens with one attached hydrogen (secondary N) is 1. The summed E-state index contributed by atoms with van der Waals surface area (Å²) in [5.41, 5.74) is 4.87. The van der Waals surface area contributed by atoms with Crippen LogP contribution >= 0.6 is 11.3 Å². The average molecular weight is 481 g/mol. The lowest BCUT2D eigenvalue weighted by atomic mass is 10.00. The zero-order valence-electron chi connectivity index (χ0n) is 20.0. The standard InChI is InChI=1S/C26H32N4O3S/c1-28-14-11-20-21-16-30(26(31)27-12-5-15-32-2)24(18-7-9-19(33-3)10-8-18)22-6-4-13-29(22)25(21)34-23(20)17-28/h4,6-10,13,24H,5,11-12,14-17H2,1-3H3,(H,27,31)/t24-/m0/s1. The van der Waals surface area contributed by atoms with Crippen LogP contribution in [0.2, 0.25) is 0 Å². The fourth-order valence-corrected chi connectivity index (χ4v) is 6.44. The molecule has 0 saturated carbocycles. The van der Waals surface area contributed by atoms with Gasteiger partial charge >= 0.3 is 6.03 Å². The summed E-state index contributed by atoms with van der Waals surface area (Å²) < 4.78 is 12.8. The van der Waals surface area contributed by atoms with E-state index in [1.54, 1.807) is 14.2 Å². The Bertz CT molecular complexity index is 1150. The number of aromatic nitrogens is 1. The second kappa shape index (κ2) is 9.82. The maximum atomic E-state index is 13.6. The van der Waals surface area contributed by atoms with E-state index in [0.717, 1.165) is 42.9 Å². The fourth-order valence-electron chi connectivity index (χ4n) is 5.00. The zero-order valence-corrected chi connectivity index (χ0v) is 20.9. The van der Waals surface area contributed by atoms with E-state index in [2.05, 4.69) is 52.3 Å². The second-order valence-corrected chi connectivity index (χ2v) is 10.0. The molecule has 5 rings (SSSR count). The molecule has 0 fully saturated rings. The van der Waals surface area contributed by atoms with Crippen molar-refractivity contribution < 1.29 is 14.3 Å². The van der Waals surface area contributed by atoms with Crippen molar-refractivity contribution in [1.29, 1.82) is 0 Å². The third-order valence-electron chi connectivity index (χ3n) is 6.75. The van der Waals surface area contributed by atoms with E-state index in [1.165, 1.54) is 21.0 Å². The van der Waals surface area contributed by atoms with Crippen molar-refractivity contribution in [2.24, 2.45) is 0 Å². The van der Waals surface area contributed by atoms with Gasteiger partial charge in [0.1, 0.15) is 10.8 Å². The van der Waals surface area contributed by atoms with Crippen LogP contribution in [0.3, 0.4) is 0 Å². The summed E-state index contributed by atoms with van der Waals surface area (Å²) >= 11 is 1.87. The summed E-state index contributed by atoms with van der Waals surface area (Å²) in [6.07, 6.45) is 3.94. The molecule has 7 nitrogen and oxygen atoms in total. The number of fused-ring (bicyclic) bond motifs is 5. The van der Waals surface area contributed by atoms with Crippen LogP contribution in [0, 0.1) is 0 Å². The van der Waals surface area contributed by atoms with Crippen LogP contribution in [-0.4, -0.2) is 61.4 Å². The first-order valence-corrected chi connectivity index (χ1v) is 12.6. The van der Waals surface area contributed by atoms with Crippen molar-refractivity contribution in [3.05, 3.63) is 69.9 Å². The minimum Gasteiger partial charge on any atom is -0.497 e. The lowest BCUT2D eigenvalue weighted by Gasteiger charge is -2.32. The first kappa shape index (κ1) is 23.0. The summed E-state index contributed by atoms with van der Waals surface area (Å²) in [7, 11) is 5.53. The summed E-state index contributed by atoms with van der Waals surface area (Å²) in [6, 6.07) is 12.0. The molecule has 2 aliphatic heterocycles. The van der Waals surface area contributed by atoms with E-state index in [-0.39, 0.29) is 12.1 Å². The van der Waals surface area contributed by atoms with Gasteiger partial charge in [-0.2, -0.15) is 0 Å². The largest absolute Gasteiger partial charge is 0.497 e. The van der Waals surface area contributed by atoms with Gasteiger partial charge in [-0.3, -0.25) is 0 Å². The Morgan fingerprint density at radius 3 is 2.74 bits per heavy atom. The molecule has 0 saturated heterocycles. The average Bonchev–Trinajstić information content (AvgIpc) is 3.43. The molecule has 0 radical (unpaired) electrons. The van der Waals surface area contributed by atoms with Gasteiger partial charge < -0.3 is 29.2 Å². The smallest absolute Gasteiger partial charge is 0.318 e. The lowest BCUT2D eigenvalue weighted by molar-refractivity contribution is 0.174. The van der Waals surface area contributed by atoms with Gasteiger partial charge in [0.2, 0.25) is 0 Å². The van der Waals surface area contributed by atoms with Crippen molar-refractivity contribution >= 4 is 17.4 Å². The predicted octanol–water partition coefficient (Wildman–Crippen LogP) is 4.19. The fraction of sp³-hybridized carbons (Fsp3) is 0.423. The van der Waals surface area contributed by atoms with E-state index < -0.39 is 0 Å². The quantitative estimate of drug-likeness (QED) is 0.538. The molecule has 4 heterocycles. The number of methoxy groups -OCH3 is 2. The lowest BCUT2D eigenvalue weighted by Crippen LogP contribution is -2.42. The summed E-state index contributed by atoms with van der Waals surface area (Å²) in [6.45, 7) is 3.80. The molecule has 2 amide bonds. The molecule has 2 aliphatic rings. The summed E-state index contributed by atoms with van der Waals surface area (Å²) in [5.74, 6) is 0.806. The van der Waals surface area contributed by atoms with Gasteiger partial charge in [0, 0.05) is 50.0 Å². The van der Waals surface area contributed by atoms with Gasteiger partial charge in [0.15, 0.2) is 0 Å². The van der Waals surface area contributed by atoms with Crippen molar-refractivity contribution in [1.82, 2.24) is 19.7 Å². The topological polar surface area (TPSA) is 59.0 Å². The number of rotatable bonds is 6. The highest BCUT2D eigenvalue weighted by atomic mass is 32.1. The first-order chi connectivity index (χ1) is 16.6. The number of carbonyl (C=O) groups excluding carboxylic acids is 1. The number of likely N-dealkylation sites (N-methyl/N-ethyl adjacent to an activating group) is 1. The van der Waals surface area contributed by atoms with Crippen molar-refractivity contribution in [2.75, 3.05) is 41.0 Å². The van der Waals surface area contributed by atoms with E-state index >= 15 is 0 Å². The van der Waals surface area contributed by atoms with Crippen LogP contribution < -0.4 is 10.1 Å². The molecule has 8 heteroatoms. The van der Waals surface area contributed by atoms with Gasteiger partial charge in [-0.1, -0.05) is 12.1 Å². The number of hydrogen-bond acceptors (Lipinski definition) is 5. The minimum atomic E-state index is -0.204. The third kappa shape index (κ3) is 4.21. The molecule has 0 aliphatic carbocycles. The number of nitrogens with zero attached hydrogens (tertiary/aromatic N) is 3. The predicted molar refractivity (Wildman–Crippen MR) is 134 cm³/mol. The van der Waals surface area contributed by atoms with Crippen LogP contribution in [0.25, 0.3) is 5.00 Å². The Balaban J connectivity index is 1.59. The Morgan fingerprint density at radius 2 is 1.97 bits per heavy atom. The zero-order chi connectivity index (χ0) is 23.7. The molecule has 1 atom stereocenters. The number of ether oxygens (including phenoxy) is 2. The Morgan fingerprint density at radius 1 is 1.15 bits per heavy atom. The van der Waals surface area contributed by atoms with Crippen molar-refractivity contribution in [3.63, 3.8) is 0 Å². The van der Waals surface area contributed by atoms with Gasteiger partial charge in [0.25, 0.3) is 0 Å². The van der Waals surface area contributed by atoms with Crippen LogP contribution in [0.5, 0.6) is 5.75 Å². The normalized spacial score (nSPS) is 17.5. The molecular formula is C26H32N4O3S. The van der Waals surface area contributed by atoms with Gasteiger partial charge in [-0.15, -0.1) is 11.3 Å². The van der Waals surface area contributed by atoms with Gasteiger partial charge in [0.05, 0.1) is 25.4 Å². The number of thiophene rings is 1. The molecule has 1 aromatic carbocycles. The van der Waals surface area contributed by atoms with Crippen LogP contribution in [0.1, 0.15) is 39.7 Å². The van der Waals surface area contributed by atoms with Crippen molar-refractivity contribution in [2.45, 2.75) is 32.0 Å². The van der Waals surface area contributed by atoms with Gasteiger partial charge in [-0.25, -0.2) is 4.79 Å². The third-order valence-corrected chi connectivity index (χ3v) is 8.01. The van der Waals surface area contributed by atoms with Crippen LogP contribution in [0.4, 0.5) is 4.79 Å². The maximum absolute atomic E-state index is 13.6. The maximum Gasteiger partial charge on any atom is 0.318 e. The van der Waals surface area contributed by atoms with Gasteiger partial charge in [-0.05, 0) is 55.3 Å². The number of carbonyl (C=O) groups is 1. The molecule has 34 heavy (non-hydrogen) atoms. The first-order valence-electron chi connectivity index (χ1n) is 11.8. The van der Waals surface area contributed by atoms with Crippen LogP contribution in [0.15, 0.2) is 42.6 Å². The van der Waals surface area contributed by atoms with E-state index in [1.807, 2.05) is 28.4 Å².